The fourth-order valence-corrected chi connectivity index (χ4v) is 3.97. The van der Waals surface area contributed by atoms with Gasteiger partial charge in [-0.2, -0.15) is 0 Å². The van der Waals surface area contributed by atoms with Gasteiger partial charge in [0.2, 0.25) is 0 Å². The van der Waals surface area contributed by atoms with Crippen molar-refractivity contribution in [2.45, 2.75) is 32.4 Å². The van der Waals surface area contributed by atoms with Crippen molar-refractivity contribution in [2.24, 2.45) is 4.99 Å². The molecule has 1 fully saturated rings. The van der Waals surface area contributed by atoms with E-state index in [9.17, 15) is 0 Å². The van der Waals surface area contributed by atoms with Crippen LogP contribution in [-0.2, 0) is 6.54 Å². The number of likely N-dealkylation sites (tertiary alicyclic amines) is 1. The Bertz CT molecular complexity index is 682. The minimum absolute atomic E-state index is 0. The summed E-state index contributed by atoms with van der Waals surface area (Å²) in [7, 11) is 1.82. The topological polar surface area (TPSA) is 52.6 Å². The second kappa shape index (κ2) is 10.8. The smallest absolute Gasteiger partial charge is 0.191 e. The van der Waals surface area contributed by atoms with Crippen LogP contribution in [0.2, 0.25) is 0 Å². The van der Waals surface area contributed by atoms with Crippen LogP contribution in [0, 0.1) is 6.92 Å². The lowest BCUT2D eigenvalue weighted by Gasteiger charge is -2.28. The predicted octanol–water partition coefficient (Wildman–Crippen LogP) is 3.57. The Hall–Kier alpha value is -1.19. The molecule has 5 nitrogen and oxygen atoms in total. The van der Waals surface area contributed by atoms with Gasteiger partial charge < -0.3 is 10.6 Å². The van der Waals surface area contributed by atoms with Crippen molar-refractivity contribution in [1.29, 1.82) is 0 Å². The molecule has 2 heterocycles. The number of nitrogens with one attached hydrogen (secondary N) is 2. The lowest BCUT2D eigenvalue weighted by molar-refractivity contribution is 0.245. The monoisotopic (exact) mass is 485 g/mol. The molecular weight excluding hydrogens is 457 g/mol. The molecule has 26 heavy (non-hydrogen) atoms. The maximum absolute atomic E-state index is 4.39. The molecule has 0 radical (unpaired) electrons. The first-order chi connectivity index (χ1) is 12.3. The second-order valence-corrected chi connectivity index (χ2v) is 7.66. The van der Waals surface area contributed by atoms with Gasteiger partial charge >= 0.3 is 0 Å². The maximum Gasteiger partial charge on any atom is 0.191 e. The average molecular weight is 485 g/mol. The number of hydrogen-bond acceptors (Lipinski definition) is 4. The molecule has 2 N–H and O–H groups in total. The molecule has 1 aliphatic heterocycles. The molecule has 0 aliphatic carbocycles. The van der Waals surface area contributed by atoms with Crippen LogP contribution in [0.15, 0.2) is 41.5 Å². The number of aliphatic imine (C=N–C) groups is 1. The highest BCUT2D eigenvalue weighted by Gasteiger charge is 2.23. The summed E-state index contributed by atoms with van der Waals surface area (Å²) in [5.41, 5.74) is 1.36. The summed E-state index contributed by atoms with van der Waals surface area (Å²) in [5.74, 6) is 0.827. The molecule has 1 aromatic heterocycles. The zero-order valence-electron chi connectivity index (χ0n) is 15.4. The SMILES string of the molecule is CN=C(NCc1ncc(C)s1)NCC(c1ccccc1)N1CCCC1.I. The largest absolute Gasteiger partial charge is 0.354 e. The van der Waals surface area contributed by atoms with Crippen LogP contribution in [0.5, 0.6) is 0 Å². The molecule has 3 rings (SSSR count). The molecule has 1 aliphatic rings. The van der Waals surface area contributed by atoms with Crippen LogP contribution >= 0.6 is 35.3 Å². The highest BCUT2D eigenvalue weighted by molar-refractivity contribution is 14.0. The molecule has 1 aromatic carbocycles. The highest BCUT2D eigenvalue weighted by atomic mass is 127. The fourth-order valence-electron chi connectivity index (χ4n) is 3.24. The normalized spacial score (nSPS) is 16.2. The molecule has 0 bridgehead atoms. The van der Waals surface area contributed by atoms with Crippen molar-refractivity contribution in [1.82, 2.24) is 20.5 Å². The van der Waals surface area contributed by atoms with Crippen LogP contribution in [0.1, 0.15) is 34.3 Å². The minimum Gasteiger partial charge on any atom is -0.354 e. The Balaban J connectivity index is 0.00000243. The summed E-state index contributed by atoms with van der Waals surface area (Å²) >= 11 is 1.72. The van der Waals surface area contributed by atoms with Gasteiger partial charge in [-0.1, -0.05) is 30.3 Å². The van der Waals surface area contributed by atoms with E-state index in [0.717, 1.165) is 17.5 Å². The Morgan fingerprint density at radius 1 is 1.23 bits per heavy atom. The average Bonchev–Trinajstić information content (AvgIpc) is 3.31. The molecule has 0 amide bonds. The van der Waals surface area contributed by atoms with Crippen LogP contribution in [-0.4, -0.2) is 42.5 Å². The first-order valence-corrected chi connectivity index (χ1v) is 9.72. The van der Waals surface area contributed by atoms with E-state index < -0.39 is 0 Å². The molecular formula is C19H28IN5S. The van der Waals surface area contributed by atoms with Crippen LogP contribution in [0.25, 0.3) is 0 Å². The number of guanidine groups is 1. The lowest BCUT2D eigenvalue weighted by atomic mass is 10.1. The first-order valence-electron chi connectivity index (χ1n) is 8.91. The van der Waals surface area contributed by atoms with E-state index in [2.05, 4.69) is 62.8 Å². The molecule has 2 aromatic rings. The minimum atomic E-state index is 0. The highest BCUT2D eigenvalue weighted by Crippen LogP contribution is 2.24. The molecule has 0 saturated carbocycles. The van der Waals surface area contributed by atoms with Gasteiger partial charge in [-0.25, -0.2) is 4.98 Å². The molecule has 1 atom stereocenters. The van der Waals surface area contributed by atoms with E-state index in [4.69, 9.17) is 0 Å². The van der Waals surface area contributed by atoms with Gasteiger partial charge in [-0.15, -0.1) is 35.3 Å². The van der Waals surface area contributed by atoms with E-state index in [-0.39, 0.29) is 24.0 Å². The van der Waals surface area contributed by atoms with E-state index in [1.165, 1.54) is 36.4 Å². The third-order valence-electron chi connectivity index (χ3n) is 4.53. The number of thiazole rings is 1. The molecule has 142 valence electrons. The van der Waals surface area contributed by atoms with Crippen molar-refractivity contribution >= 4 is 41.3 Å². The maximum atomic E-state index is 4.39. The third kappa shape index (κ3) is 5.92. The van der Waals surface area contributed by atoms with Gasteiger partial charge in [-0.3, -0.25) is 9.89 Å². The van der Waals surface area contributed by atoms with Gasteiger partial charge in [-0.05, 0) is 38.4 Å². The third-order valence-corrected chi connectivity index (χ3v) is 5.44. The van der Waals surface area contributed by atoms with Crippen molar-refractivity contribution in [2.75, 3.05) is 26.7 Å². The number of aryl methyl sites for hydroxylation is 1. The predicted molar refractivity (Wildman–Crippen MR) is 120 cm³/mol. The Labute approximate surface area is 177 Å². The van der Waals surface area contributed by atoms with Crippen molar-refractivity contribution in [3.63, 3.8) is 0 Å². The Morgan fingerprint density at radius 3 is 2.58 bits per heavy atom. The summed E-state index contributed by atoms with van der Waals surface area (Å²) in [4.78, 5) is 12.6. The number of hydrogen-bond donors (Lipinski definition) is 2. The summed E-state index contributed by atoms with van der Waals surface area (Å²) in [5, 5.41) is 7.94. The first kappa shape index (κ1) is 21.1. The van der Waals surface area contributed by atoms with Crippen LogP contribution in [0.3, 0.4) is 0 Å². The van der Waals surface area contributed by atoms with Gasteiger partial charge in [0.15, 0.2) is 5.96 Å². The summed E-state index contributed by atoms with van der Waals surface area (Å²) in [6.45, 7) is 5.98. The molecule has 1 unspecified atom stereocenters. The molecule has 1 saturated heterocycles. The second-order valence-electron chi connectivity index (χ2n) is 6.34. The van der Waals surface area contributed by atoms with Crippen molar-refractivity contribution in [3.05, 3.63) is 52.0 Å². The number of nitrogens with zero attached hydrogens (tertiary/aromatic N) is 3. The van der Waals surface area contributed by atoms with Gasteiger partial charge in [0.05, 0.1) is 12.6 Å². The molecule has 7 heteroatoms. The Kier molecular flexibility index (Phi) is 8.80. The van der Waals surface area contributed by atoms with E-state index in [0.29, 0.717) is 12.6 Å². The number of aromatic nitrogens is 1. The fraction of sp³-hybridized carbons (Fsp3) is 0.474. The standard InChI is InChI=1S/C19H27N5S.HI/c1-15-12-21-18(25-15)14-23-19(20-2)22-13-17(24-10-6-7-11-24)16-8-4-3-5-9-16;/h3-5,8-9,12,17H,6-7,10-11,13-14H2,1-2H3,(H2,20,22,23);1H. The quantitative estimate of drug-likeness (QED) is 0.373. The summed E-state index contributed by atoms with van der Waals surface area (Å²) < 4.78 is 0. The van der Waals surface area contributed by atoms with Crippen molar-refractivity contribution < 1.29 is 0 Å². The van der Waals surface area contributed by atoms with E-state index >= 15 is 0 Å². The van der Waals surface area contributed by atoms with Crippen LogP contribution < -0.4 is 10.6 Å². The van der Waals surface area contributed by atoms with Gasteiger partial charge in [0, 0.05) is 24.7 Å². The number of halogens is 1. The zero-order chi connectivity index (χ0) is 17.5. The van der Waals surface area contributed by atoms with E-state index in [1.54, 1.807) is 11.3 Å². The lowest BCUT2D eigenvalue weighted by Crippen LogP contribution is -2.42. The van der Waals surface area contributed by atoms with Crippen LogP contribution in [0.4, 0.5) is 0 Å². The summed E-state index contributed by atoms with van der Waals surface area (Å²) in [6, 6.07) is 11.1. The number of benzene rings is 1. The molecule has 0 spiro atoms. The van der Waals surface area contributed by atoms with Gasteiger partial charge in [0.25, 0.3) is 0 Å². The van der Waals surface area contributed by atoms with Gasteiger partial charge in [0.1, 0.15) is 5.01 Å². The van der Waals surface area contributed by atoms with Crippen molar-refractivity contribution in [3.8, 4) is 0 Å². The number of rotatable bonds is 6. The summed E-state index contributed by atoms with van der Waals surface area (Å²) in [6.07, 6.45) is 4.50. The zero-order valence-corrected chi connectivity index (χ0v) is 18.6. The Morgan fingerprint density at radius 2 is 1.96 bits per heavy atom. The van der Waals surface area contributed by atoms with E-state index in [1.807, 2.05) is 13.2 Å².